The third-order valence-electron chi connectivity index (χ3n) is 3.99. The number of aromatic nitrogens is 1. The predicted molar refractivity (Wildman–Crippen MR) is 90.3 cm³/mol. The molecule has 8 heteroatoms. The van der Waals surface area contributed by atoms with Crippen LogP contribution in [0.4, 0.5) is 13.2 Å². The topological polar surface area (TPSA) is 62.2 Å². The third-order valence-corrected chi connectivity index (χ3v) is 4.93. The highest BCUT2D eigenvalue weighted by atomic mass is 32.1. The van der Waals surface area contributed by atoms with Gasteiger partial charge in [0, 0.05) is 17.5 Å². The van der Waals surface area contributed by atoms with E-state index in [0.29, 0.717) is 22.8 Å². The molecule has 0 fully saturated rings. The molecular formula is C17H19F3N2O2S. The number of hydrogen-bond donors (Lipinski definition) is 2. The van der Waals surface area contributed by atoms with Crippen LogP contribution in [0, 0.1) is 5.92 Å². The van der Waals surface area contributed by atoms with Gasteiger partial charge in [-0.25, -0.2) is 4.98 Å². The average Bonchev–Trinajstić information content (AvgIpc) is 3.02. The molecule has 2 aromatic rings. The monoisotopic (exact) mass is 372 g/mol. The number of hydrogen-bond acceptors (Lipinski definition) is 4. The molecule has 0 saturated carbocycles. The molecule has 0 aliphatic carbocycles. The predicted octanol–water partition coefficient (Wildman–Crippen LogP) is 4.42. The molecular weight excluding hydrogens is 353 g/mol. The lowest BCUT2D eigenvalue weighted by Gasteiger charge is -2.19. The first-order valence-corrected chi connectivity index (χ1v) is 8.68. The normalized spacial score (nSPS) is 14.3. The number of halogens is 3. The first kappa shape index (κ1) is 19.4. The van der Waals surface area contributed by atoms with E-state index in [2.05, 4.69) is 10.3 Å². The zero-order valence-corrected chi connectivity index (χ0v) is 14.6. The number of carboxylic acids is 1. The van der Waals surface area contributed by atoms with Crippen LogP contribution in [-0.4, -0.2) is 22.1 Å². The van der Waals surface area contributed by atoms with E-state index >= 15 is 0 Å². The summed E-state index contributed by atoms with van der Waals surface area (Å²) in [4.78, 5) is 15.7. The van der Waals surface area contributed by atoms with Crippen molar-refractivity contribution in [3.05, 3.63) is 40.9 Å². The number of rotatable bonds is 7. The van der Waals surface area contributed by atoms with Crippen molar-refractivity contribution in [1.29, 1.82) is 0 Å². The quantitative estimate of drug-likeness (QED) is 0.755. The van der Waals surface area contributed by atoms with Gasteiger partial charge in [0.25, 0.3) is 0 Å². The van der Waals surface area contributed by atoms with Gasteiger partial charge in [0.2, 0.25) is 0 Å². The second kappa shape index (κ2) is 7.97. The summed E-state index contributed by atoms with van der Waals surface area (Å²) in [5.41, 5.74) is 0.558. The standard InChI is InChI=1S/C17H19F3N2O2S/c1-3-10(2)14(16(23)24)21-8-13-9-25-15(22-13)11-4-6-12(7-5-11)17(18,19)20/h4-7,9-10,14,21H,3,8H2,1-2H3,(H,23,24)/t10-,14-/m0/s1. The Labute approximate surface area is 147 Å². The van der Waals surface area contributed by atoms with Crippen LogP contribution in [-0.2, 0) is 17.5 Å². The summed E-state index contributed by atoms with van der Waals surface area (Å²) in [6.07, 6.45) is -3.63. The SMILES string of the molecule is CC[C@H](C)[C@H](NCc1csc(-c2ccc(C(F)(F)F)cc2)n1)C(=O)O. The number of thiazole rings is 1. The van der Waals surface area contributed by atoms with Gasteiger partial charge in [-0.15, -0.1) is 11.3 Å². The highest BCUT2D eigenvalue weighted by Crippen LogP contribution is 2.31. The zero-order valence-electron chi connectivity index (χ0n) is 13.8. The van der Waals surface area contributed by atoms with E-state index < -0.39 is 23.8 Å². The van der Waals surface area contributed by atoms with Crippen LogP contribution < -0.4 is 5.32 Å². The largest absolute Gasteiger partial charge is 0.480 e. The number of benzene rings is 1. The summed E-state index contributed by atoms with van der Waals surface area (Å²) in [5.74, 6) is -0.932. The molecule has 0 saturated heterocycles. The molecule has 1 aromatic carbocycles. The first-order chi connectivity index (χ1) is 11.7. The van der Waals surface area contributed by atoms with Gasteiger partial charge in [-0.3, -0.25) is 10.1 Å². The maximum atomic E-state index is 12.6. The zero-order chi connectivity index (χ0) is 18.6. The minimum atomic E-state index is -4.36. The minimum Gasteiger partial charge on any atom is -0.480 e. The highest BCUT2D eigenvalue weighted by molar-refractivity contribution is 7.13. The van der Waals surface area contributed by atoms with Crippen molar-refractivity contribution in [3.63, 3.8) is 0 Å². The lowest BCUT2D eigenvalue weighted by molar-refractivity contribution is -0.141. The Balaban J connectivity index is 2.06. The molecule has 0 aliphatic rings. The van der Waals surface area contributed by atoms with Gasteiger partial charge in [0.05, 0.1) is 11.3 Å². The molecule has 136 valence electrons. The molecule has 2 atom stereocenters. The van der Waals surface area contributed by atoms with Crippen molar-refractivity contribution in [2.45, 2.75) is 39.0 Å². The maximum absolute atomic E-state index is 12.6. The van der Waals surface area contributed by atoms with Crippen molar-refractivity contribution in [2.75, 3.05) is 0 Å². The van der Waals surface area contributed by atoms with Crippen LogP contribution in [0.1, 0.15) is 31.5 Å². The summed E-state index contributed by atoms with van der Waals surface area (Å²) < 4.78 is 37.8. The van der Waals surface area contributed by atoms with Crippen molar-refractivity contribution in [2.24, 2.45) is 5.92 Å². The van der Waals surface area contributed by atoms with Gasteiger partial charge in [0.15, 0.2) is 0 Å². The molecule has 0 aliphatic heterocycles. The van der Waals surface area contributed by atoms with E-state index in [9.17, 15) is 23.1 Å². The minimum absolute atomic E-state index is 0.0227. The molecule has 4 nitrogen and oxygen atoms in total. The van der Waals surface area contributed by atoms with E-state index in [1.54, 1.807) is 5.38 Å². The fraction of sp³-hybridized carbons (Fsp3) is 0.412. The van der Waals surface area contributed by atoms with E-state index in [0.717, 1.165) is 18.6 Å². The van der Waals surface area contributed by atoms with Crippen molar-refractivity contribution < 1.29 is 23.1 Å². The number of alkyl halides is 3. The Morgan fingerprint density at radius 1 is 1.32 bits per heavy atom. The van der Waals surface area contributed by atoms with E-state index in [-0.39, 0.29) is 5.92 Å². The number of nitrogens with one attached hydrogen (secondary N) is 1. The average molecular weight is 372 g/mol. The molecule has 2 rings (SSSR count). The summed E-state index contributed by atoms with van der Waals surface area (Å²) in [5, 5.41) is 14.6. The molecule has 25 heavy (non-hydrogen) atoms. The summed E-state index contributed by atoms with van der Waals surface area (Å²) >= 11 is 1.31. The Kier molecular flexibility index (Phi) is 6.18. The Bertz CT molecular complexity index is 713. The highest BCUT2D eigenvalue weighted by Gasteiger charge is 2.30. The van der Waals surface area contributed by atoms with Gasteiger partial charge < -0.3 is 5.11 Å². The number of carboxylic acid groups (broad SMARTS) is 1. The summed E-state index contributed by atoms with van der Waals surface area (Å²) in [6.45, 7) is 4.08. The molecule has 1 aromatic heterocycles. The van der Waals surface area contributed by atoms with Gasteiger partial charge in [-0.2, -0.15) is 13.2 Å². The maximum Gasteiger partial charge on any atom is 0.416 e. The number of nitrogens with zero attached hydrogens (tertiary/aromatic N) is 1. The summed E-state index contributed by atoms with van der Waals surface area (Å²) in [6, 6.07) is 4.16. The van der Waals surface area contributed by atoms with Crippen LogP contribution >= 0.6 is 11.3 Å². The van der Waals surface area contributed by atoms with Crippen LogP contribution in [0.15, 0.2) is 29.6 Å². The van der Waals surface area contributed by atoms with E-state index in [1.165, 1.54) is 23.5 Å². The molecule has 0 radical (unpaired) electrons. The third kappa shape index (κ3) is 5.02. The van der Waals surface area contributed by atoms with Gasteiger partial charge in [0.1, 0.15) is 11.0 Å². The smallest absolute Gasteiger partial charge is 0.416 e. The molecule has 0 spiro atoms. The first-order valence-electron chi connectivity index (χ1n) is 7.80. The fourth-order valence-corrected chi connectivity index (χ4v) is 3.13. The second-order valence-electron chi connectivity index (χ2n) is 5.80. The van der Waals surface area contributed by atoms with Crippen LogP contribution in [0.2, 0.25) is 0 Å². The van der Waals surface area contributed by atoms with Gasteiger partial charge >= 0.3 is 12.1 Å². The lowest BCUT2D eigenvalue weighted by atomic mass is 9.99. The number of aliphatic carboxylic acids is 1. The van der Waals surface area contributed by atoms with Gasteiger partial charge in [-0.1, -0.05) is 32.4 Å². The molecule has 0 bridgehead atoms. The Morgan fingerprint density at radius 2 is 1.96 bits per heavy atom. The molecule has 0 amide bonds. The Morgan fingerprint density at radius 3 is 2.48 bits per heavy atom. The Hall–Kier alpha value is -1.93. The van der Waals surface area contributed by atoms with Crippen molar-refractivity contribution in [1.82, 2.24) is 10.3 Å². The molecule has 2 N–H and O–H groups in total. The molecule has 1 heterocycles. The number of carbonyl (C=O) groups is 1. The van der Waals surface area contributed by atoms with Crippen LogP contribution in [0.5, 0.6) is 0 Å². The van der Waals surface area contributed by atoms with Gasteiger partial charge in [-0.05, 0) is 18.1 Å². The van der Waals surface area contributed by atoms with Crippen molar-refractivity contribution >= 4 is 17.3 Å². The lowest BCUT2D eigenvalue weighted by Crippen LogP contribution is -2.41. The second-order valence-corrected chi connectivity index (χ2v) is 6.66. The summed E-state index contributed by atoms with van der Waals surface area (Å²) in [7, 11) is 0. The van der Waals surface area contributed by atoms with E-state index in [1.807, 2.05) is 13.8 Å². The van der Waals surface area contributed by atoms with E-state index in [4.69, 9.17) is 0 Å². The van der Waals surface area contributed by atoms with Crippen LogP contribution in [0.25, 0.3) is 10.6 Å². The van der Waals surface area contributed by atoms with Crippen molar-refractivity contribution in [3.8, 4) is 10.6 Å². The van der Waals surface area contributed by atoms with Crippen LogP contribution in [0.3, 0.4) is 0 Å². The molecule has 0 unspecified atom stereocenters. The fourth-order valence-electron chi connectivity index (χ4n) is 2.30.